The van der Waals surface area contributed by atoms with Gasteiger partial charge in [-0.05, 0) is 30.7 Å². The minimum absolute atomic E-state index is 0.0147. The number of ether oxygens (including phenoxy) is 1. The van der Waals surface area contributed by atoms with Gasteiger partial charge in [0, 0.05) is 27.0 Å². The largest absolute Gasteiger partial charge is 0.479 e. The summed E-state index contributed by atoms with van der Waals surface area (Å²) in [4.78, 5) is 39.5. The van der Waals surface area contributed by atoms with E-state index in [1.807, 2.05) is 13.8 Å². The van der Waals surface area contributed by atoms with Crippen LogP contribution in [-0.2, 0) is 4.79 Å². The molecule has 0 unspecified atom stereocenters. The maximum atomic E-state index is 13.2. The highest BCUT2D eigenvalue weighted by atomic mass is 79.9. The van der Waals surface area contributed by atoms with Crippen molar-refractivity contribution in [3.05, 3.63) is 71.7 Å². The first kappa shape index (κ1) is 24.3. The molecule has 2 aromatic carbocycles. The molecule has 0 aliphatic carbocycles. The number of nitro groups is 1. The summed E-state index contributed by atoms with van der Waals surface area (Å²) >= 11 is 9.36. The van der Waals surface area contributed by atoms with Crippen LogP contribution in [0.5, 0.6) is 5.75 Å². The molecule has 1 N–H and O–H groups in total. The zero-order chi connectivity index (χ0) is 24.3. The molecule has 0 saturated carbocycles. The number of rotatable bonds is 8. The van der Waals surface area contributed by atoms with E-state index in [0.717, 1.165) is 17.0 Å². The second kappa shape index (κ2) is 10.1. The molecule has 3 aromatic rings. The third-order valence-corrected chi connectivity index (χ3v) is 5.51. The van der Waals surface area contributed by atoms with Gasteiger partial charge in [-0.3, -0.25) is 14.9 Å². The van der Waals surface area contributed by atoms with Gasteiger partial charge in [-0.2, -0.15) is 9.78 Å². The Kier molecular flexibility index (Phi) is 7.44. The van der Waals surface area contributed by atoms with Crippen molar-refractivity contribution in [2.24, 2.45) is 5.10 Å². The van der Waals surface area contributed by atoms with E-state index < -0.39 is 28.7 Å². The van der Waals surface area contributed by atoms with E-state index in [1.165, 1.54) is 6.07 Å². The van der Waals surface area contributed by atoms with Crippen LogP contribution < -0.4 is 10.3 Å². The molecule has 3 rings (SSSR count). The Labute approximate surface area is 200 Å². The highest BCUT2D eigenvalue weighted by Gasteiger charge is 2.22. The number of carboxylic acids is 1. The first-order valence-electron chi connectivity index (χ1n) is 9.71. The van der Waals surface area contributed by atoms with E-state index in [4.69, 9.17) is 21.4 Å². The fraction of sp³-hybridized carbons (Fsp3) is 0.238. The van der Waals surface area contributed by atoms with Crippen molar-refractivity contribution < 1.29 is 19.6 Å². The van der Waals surface area contributed by atoms with Gasteiger partial charge in [-0.25, -0.2) is 9.78 Å². The Hall–Kier alpha value is -3.31. The molecule has 1 atom stereocenters. The van der Waals surface area contributed by atoms with Crippen molar-refractivity contribution in [3.8, 4) is 5.75 Å². The Morgan fingerprint density at radius 3 is 2.79 bits per heavy atom. The van der Waals surface area contributed by atoms with Crippen molar-refractivity contribution >= 4 is 56.3 Å². The van der Waals surface area contributed by atoms with Crippen LogP contribution in [0.25, 0.3) is 10.9 Å². The number of fused-ring (bicyclic) bond motifs is 1. The van der Waals surface area contributed by atoms with E-state index >= 15 is 0 Å². The topological polar surface area (TPSA) is 137 Å². The van der Waals surface area contributed by atoms with Gasteiger partial charge in [0.05, 0.1) is 22.0 Å². The maximum absolute atomic E-state index is 13.2. The van der Waals surface area contributed by atoms with Crippen LogP contribution in [-0.4, -0.2) is 38.5 Å². The summed E-state index contributed by atoms with van der Waals surface area (Å²) in [5.41, 5.74) is -0.418. The van der Waals surface area contributed by atoms with Crippen LogP contribution in [0, 0.1) is 10.1 Å². The number of halogens is 2. The number of benzene rings is 2. The minimum Gasteiger partial charge on any atom is -0.479 e. The Morgan fingerprint density at radius 1 is 1.42 bits per heavy atom. The van der Waals surface area contributed by atoms with Gasteiger partial charge in [0.25, 0.3) is 5.56 Å². The highest BCUT2D eigenvalue weighted by Crippen LogP contribution is 2.34. The Balaban J connectivity index is 2.23. The Bertz CT molecular complexity index is 1340. The van der Waals surface area contributed by atoms with Crippen molar-refractivity contribution in [2.75, 3.05) is 6.61 Å². The van der Waals surface area contributed by atoms with E-state index in [1.54, 1.807) is 18.2 Å². The minimum atomic E-state index is -1.32. The van der Waals surface area contributed by atoms with Gasteiger partial charge >= 0.3 is 11.7 Å². The monoisotopic (exact) mass is 536 g/mol. The smallest absolute Gasteiger partial charge is 0.341 e. The molecule has 12 heteroatoms. The van der Waals surface area contributed by atoms with Crippen LogP contribution in [0.4, 0.5) is 5.69 Å². The normalized spacial score (nSPS) is 12.2. The average molecular weight is 538 g/mol. The molecule has 0 aliphatic heterocycles. The zero-order valence-corrected chi connectivity index (χ0v) is 19.8. The molecule has 33 heavy (non-hydrogen) atoms. The van der Waals surface area contributed by atoms with Crippen molar-refractivity contribution in [1.82, 2.24) is 9.66 Å². The van der Waals surface area contributed by atoms with Crippen molar-refractivity contribution in [2.45, 2.75) is 26.2 Å². The maximum Gasteiger partial charge on any atom is 0.341 e. The van der Waals surface area contributed by atoms with Crippen LogP contribution in [0.15, 0.2) is 44.7 Å². The molecule has 0 amide bonds. The summed E-state index contributed by atoms with van der Waals surface area (Å²) in [6, 6.07) is 7.50. The second-order valence-corrected chi connectivity index (χ2v) is 8.44. The Morgan fingerprint density at radius 2 is 2.15 bits per heavy atom. The fourth-order valence-electron chi connectivity index (χ4n) is 3.02. The third-order valence-electron chi connectivity index (χ3n) is 4.80. The molecule has 1 aromatic heterocycles. The first-order chi connectivity index (χ1) is 15.6. The van der Waals surface area contributed by atoms with E-state index in [2.05, 4.69) is 26.0 Å². The number of nitrogens with zero attached hydrogens (tertiary/aromatic N) is 4. The SMILES string of the molecule is CC[C@H](C)c1nc2ccc(Br)cc2c(=O)n1N=Cc1cc(Cl)cc([N+](=O)[O-])c1OCC(=O)O. The zero-order valence-electron chi connectivity index (χ0n) is 17.5. The van der Waals surface area contributed by atoms with Crippen LogP contribution >= 0.6 is 27.5 Å². The number of aliphatic carboxylic acids is 1. The van der Waals surface area contributed by atoms with Gasteiger partial charge in [-0.15, -0.1) is 0 Å². The summed E-state index contributed by atoms with van der Waals surface area (Å²) in [7, 11) is 0. The second-order valence-electron chi connectivity index (χ2n) is 7.09. The summed E-state index contributed by atoms with van der Waals surface area (Å²) in [6.07, 6.45) is 1.84. The fourth-order valence-corrected chi connectivity index (χ4v) is 3.60. The summed E-state index contributed by atoms with van der Waals surface area (Å²) in [6.45, 7) is 3.02. The van der Waals surface area contributed by atoms with E-state index in [-0.39, 0.29) is 22.3 Å². The highest BCUT2D eigenvalue weighted by molar-refractivity contribution is 9.10. The lowest BCUT2D eigenvalue weighted by atomic mass is 10.1. The summed E-state index contributed by atoms with van der Waals surface area (Å²) < 4.78 is 6.96. The molecule has 172 valence electrons. The molecule has 0 spiro atoms. The molecular weight excluding hydrogens is 520 g/mol. The van der Waals surface area contributed by atoms with Gasteiger partial charge in [0.15, 0.2) is 6.61 Å². The molecule has 10 nitrogen and oxygen atoms in total. The number of hydrogen-bond acceptors (Lipinski definition) is 7. The predicted molar refractivity (Wildman–Crippen MR) is 127 cm³/mol. The molecular formula is C21H18BrClN4O6. The van der Waals surface area contributed by atoms with Gasteiger partial charge in [0.2, 0.25) is 5.75 Å². The lowest BCUT2D eigenvalue weighted by molar-refractivity contribution is -0.385. The predicted octanol–water partition coefficient (Wildman–Crippen LogP) is 4.58. The molecule has 1 heterocycles. The molecule has 0 saturated heterocycles. The van der Waals surface area contributed by atoms with Crippen LogP contribution in [0.1, 0.15) is 37.6 Å². The molecule has 0 bridgehead atoms. The number of hydrogen-bond donors (Lipinski definition) is 1. The van der Waals surface area contributed by atoms with E-state index in [9.17, 15) is 19.7 Å². The van der Waals surface area contributed by atoms with Crippen molar-refractivity contribution in [3.63, 3.8) is 0 Å². The number of nitro benzene ring substituents is 1. The first-order valence-corrected chi connectivity index (χ1v) is 10.9. The van der Waals surface area contributed by atoms with Crippen molar-refractivity contribution in [1.29, 1.82) is 0 Å². The lowest BCUT2D eigenvalue weighted by Gasteiger charge is -2.14. The number of carboxylic acid groups (broad SMARTS) is 1. The molecule has 0 fully saturated rings. The van der Waals surface area contributed by atoms with Gasteiger partial charge in [-0.1, -0.05) is 41.4 Å². The quantitative estimate of drug-likeness (QED) is 0.252. The summed E-state index contributed by atoms with van der Waals surface area (Å²) in [5.74, 6) is -1.37. The van der Waals surface area contributed by atoms with Crippen LogP contribution in [0.3, 0.4) is 0 Å². The standard InChI is InChI=1S/C21H18BrClN4O6/c1-3-11(2)20-25-16-5-4-13(22)7-15(16)21(30)26(20)24-9-12-6-14(23)8-17(27(31)32)19(12)33-10-18(28)29/h4-9,11H,3,10H2,1-2H3,(H,28,29)/t11-/m0/s1. The third kappa shape index (κ3) is 5.37. The van der Waals surface area contributed by atoms with Gasteiger partial charge in [0.1, 0.15) is 5.82 Å². The average Bonchev–Trinajstić information content (AvgIpc) is 2.76. The van der Waals surface area contributed by atoms with Gasteiger partial charge < -0.3 is 9.84 Å². The molecule has 0 aliphatic rings. The lowest BCUT2D eigenvalue weighted by Crippen LogP contribution is -2.23. The summed E-state index contributed by atoms with van der Waals surface area (Å²) in [5, 5.41) is 25.0. The molecule has 0 radical (unpaired) electrons. The number of aromatic nitrogens is 2. The van der Waals surface area contributed by atoms with E-state index in [0.29, 0.717) is 27.6 Å². The van der Waals surface area contributed by atoms with Crippen LogP contribution in [0.2, 0.25) is 5.02 Å². The number of carbonyl (C=O) groups is 1.